The number of nitrogens with zero attached hydrogens (tertiary/aromatic N) is 2. The van der Waals surface area contributed by atoms with E-state index < -0.39 is 24.1 Å². The van der Waals surface area contributed by atoms with Crippen LogP contribution in [0, 0.1) is 0 Å². The summed E-state index contributed by atoms with van der Waals surface area (Å²) in [6.07, 6.45) is -1.45. The van der Waals surface area contributed by atoms with Gasteiger partial charge in [0.2, 0.25) is 0 Å². The number of aromatic nitrogens is 2. The maximum absolute atomic E-state index is 12.3. The molecular weight excluding hydrogens is 230 g/mol. The van der Waals surface area contributed by atoms with E-state index in [1.165, 1.54) is 0 Å². The monoisotopic (exact) mass is 238 g/mol. The Morgan fingerprint density at radius 1 is 1.73 bits per heavy atom. The maximum Gasteiger partial charge on any atom is 0.328 e. The van der Waals surface area contributed by atoms with E-state index in [4.69, 9.17) is 16.7 Å². The van der Waals surface area contributed by atoms with E-state index in [2.05, 4.69) is 5.10 Å². The summed E-state index contributed by atoms with van der Waals surface area (Å²) in [7, 11) is 0. The molecule has 1 rings (SSSR count). The van der Waals surface area contributed by atoms with Crippen LogP contribution < -0.4 is 0 Å². The Hall–Kier alpha value is -1.17. The molecule has 0 saturated carbocycles. The molecule has 15 heavy (non-hydrogen) atoms. The van der Waals surface area contributed by atoms with Crippen LogP contribution in [-0.4, -0.2) is 20.9 Å². The first-order valence-corrected chi connectivity index (χ1v) is 4.60. The van der Waals surface area contributed by atoms with Crippen molar-refractivity contribution in [3.63, 3.8) is 0 Å². The highest BCUT2D eigenvalue weighted by Gasteiger charge is 2.23. The summed E-state index contributed by atoms with van der Waals surface area (Å²) >= 11 is 5.49. The van der Waals surface area contributed by atoms with Crippen LogP contribution in [0.3, 0.4) is 0 Å². The molecule has 0 spiro atoms. The lowest BCUT2D eigenvalue weighted by atomic mass is 10.2. The Kier molecular flexibility index (Phi) is 3.62. The van der Waals surface area contributed by atoms with Crippen molar-refractivity contribution in [2.45, 2.75) is 25.8 Å². The first-order valence-electron chi connectivity index (χ1n) is 4.22. The number of carbonyl (C=O) groups is 1. The van der Waals surface area contributed by atoms with Crippen LogP contribution >= 0.6 is 11.6 Å². The first kappa shape index (κ1) is 11.9. The fraction of sp³-hybridized carbons (Fsp3) is 0.500. The van der Waals surface area contributed by atoms with E-state index in [1.807, 2.05) is 0 Å². The lowest BCUT2D eigenvalue weighted by molar-refractivity contribution is -0.141. The molecule has 0 saturated heterocycles. The number of halogens is 3. The van der Waals surface area contributed by atoms with Crippen molar-refractivity contribution >= 4 is 17.6 Å². The molecule has 0 amide bonds. The number of carboxylic acid groups (broad SMARTS) is 1. The fourth-order valence-electron chi connectivity index (χ4n) is 1.17. The molecule has 1 N–H and O–H groups in total. The number of rotatable bonds is 4. The second-order valence-electron chi connectivity index (χ2n) is 2.91. The van der Waals surface area contributed by atoms with Crippen molar-refractivity contribution in [2.75, 3.05) is 0 Å². The molecule has 0 aromatic carbocycles. The van der Waals surface area contributed by atoms with E-state index in [0.29, 0.717) is 0 Å². The average Bonchev–Trinajstić information content (AvgIpc) is 2.48. The van der Waals surface area contributed by atoms with Crippen molar-refractivity contribution < 1.29 is 18.7 Å². The Morgan fingerprint density at radius 2 is 2.33 bits per heavy atom. The Balaban J connectivity index is 3.05. The smallest absolute Gasteiger partial charge is 0.328 e. The highest BCUT2D eigenvalue weighted by Crippen LogP contribution is 2.26. The summed E-state index contributed by atoms with van der Waals surface area (Å²) < 4.78 is 25.6. The van der Waals surface area contributed by atoms with Gasteiger partial charge in [0.05, 0.1) is 5.02 Å². The van der Waals surface area contributed by atoms with E-state index >= 15 is 0 Å². The lowest BCUT2D eigenvalue weighted by Gasteiger charge is -2.09. The highest BCUT2D eigenvalue weighted by molar-refractivity contribution is 6.31. The quantitative estimate of drug-likeness (QED) is 0.877. The summed E-state index contributed by atoms with van der Waals surface area (Å²) in [6, 6.07) is -0.963. The van der Waals surface area contributed by atoms with Crippen molar-refractivity contribution in [1.82, 2.24) is 9.78 Å². The van der Waals surface area contributed by atoms with Crippen LogP contribution in [0.4, 0.5) is 8.78 Å². The Labute approximate surface area is 89.5 Å². The van der Waals surface area contributed by atoms with Gasteiger partial charge in [0.1, 0.15) is 11.7 Å². The SMILES string of the molecule is CCC(C(=O)O)n1cc(Cl)c(C(F)F)n1. The minimum Gasteiger partial charge on any atom is -0.480 e. The second-order valence-corrected chi connectivity index (χ2v) is 3.31. The van der Waals surface area contributed by atoms with Crippen molar-refractivity contribution in [2.24, 2.45) is 0 Å². The third-order valence-corrected chi connectivity index (χ3v) is 2.20. The number of carboxylic acids is 1. The van der Waals surface area contributed by atoms with Crippen LogP contribution in [0.5, 0.6) is 0 Å². The molecule has 0 radical (unpaired) electrons. The van der Waals surface area contributed by atoms with Crippen molar-refractivity contribution in [3.8, 4) is 0 Å². The zero-order valence-corrected chi connectivity index (χ0v) is 8.58. The van der Waals surface area contributed by atoms with Crippen LogP contribution in [0.25, 0.3) is 0 Å². The normalized spacial score (nSPS) is 13.1. The summed E-state index contributed by atoms with van der Waals surface area (Å²) in [5.41, 5.74) is -0.587. The molecule has 84 valence electrons. The van der Waals surface area contributed by atoms with Gasteiger partial charge in [-0.25, -0.2) is 13.6 Å². The van der Waals surface area contributed by atoms with Crippen LogP contribution in [0.15, 0.2) is 6.20 Å². The minimum absolute atomic E-state index is 0.218. The maximum atomic E-state index is 12.3. The molecule has 0 bridgehead atoms. The molecule has 7 heteroatoms. The standard InChI is InChI=1S/C8H9ClF2N2O2/c1-2-5(8(14)15)13-3-4(9)6(12-13)7(10)11/h3,5,7H,2H2,1H3,(H,14,15). The van der Waals surface area contributed by atoms with Crippen molar-refractivity contribution in [1.29, 1.82) is 0 Å². The van der Waals surface area contributed by atoms with Gasteiger partial charge >= 0.3 is 5.97 Å². The zero-order chi connectivity index (χ0) is 11.6. The van der Waals surface area contributed by atoms with E-state index in [-0.39, 0.29) is 11.4 Å². The third kappa shape index (κ3) is 2.44. The van der Waals surface area contributed by atoms with Gasteiger partial charge in [0.25, 0.3) is 6.43 Å². The zero-order valence-electron chi connectivity index (χ0n) is 7.82. The lowest BCUT2D eigenvalue weighted by Crippen LogP contribution is -2.18. The summed E-state index contributed by atoms with van der Waals surface area (Å²) in [4.78, 5) is 10.7. The van der Waals surface area contributed by atoms with Crippen LogP contribution in [0.2, 0.25) is 5.02 Å². The van der Waals surface area contributed by atoms with Gasteiger partial charge in [-0.2, -0.15) is 5.10 Å². The largest absolute Gasteiger partial charge is 0.480 e. The molecule has 0 aliphatic heterocycles. The van der Waals surface area contributed by atoms with Gasteiger partial charge in [-0.05, 0) is 6.42 Å². The molecule has 0 aliphatic rings. The minimum atomic E-state index is -2.80. The predicted octanol–water partition coefficient (Wildman–Crippen LogP) is 2.51. The number of hydrogen-bond donors (Lipinski definition) is 1. The van der Waals surface area contributed by atoms with Crippen LogP contribution in [-0.2, 0) is 4.79 Å². The van der Waals surface area contributed by atoms with Crippen molar-refractivity contribution in [3.05, 3.63) is 16.9 Å². The third-order valence-electron chi connectivity index (χ3n) is 1.91. The molecule has 1 atom stereocenters. The molecule has 0 aliphatic carbocycles. The molecule has 0 fully saturated rings. The number of hydrogen-bond acceptors (Lipinski definition) is 2. The fourth-order valence-corrected chi connectivity index (χ4v) is 1.39. The Morgan fingerprint density at radius 3 is 2.67 bits per heavy atom. The van der Waals surface area contributed by atoms with Gasteiger partial charge in [0, 0.05) is 6.20 Å². The van der Waals surface area contributed by atoms with Gasteiger partial charge < -0.3 is 5.11 Å². The highest BCUT2D eigenvalue weighted by atomic mass is 35.5. The molecule has 1 heterocycles. The molecule has 1 unspecified atom stereocenters. The van der Waals surface area contributed by atoms with Gasteiger partial charge in [0.15, 0.2) is 0 Å². The summed E-state index contributed by atoms with van der Waals surface area (Å²) in [6.45, 7) is 1.62. The molecular formula is C8H9ClF2N2O2. The second kappa shape index (κ2) is 4.57. The summed E-state index contributed by atoms with van der Waals surface area (Å²) in [5, 5.41) is 12.0. The molecule has 1 aromatic heterocycles. The number of alkyl halides is 2. The predicted molar refractivity (Wildman–Crippen MR) is 49.2 cm³/mol. The van der Waals surface area contributed by atoms with E-state index in [0.717, 1.165) is 10.9 Å². The molecule has 4 nitrogen and oxygen atoms in total. The summed E-state index contributed by atoms with van der Waals surface area (Å²) in [5.74, 6) is -1.13. The van der Waals surface area contributed by atoms with Crippen LogP contribution in [0.1, 0.15) is 31.5 Å². The number of aliphatic carboxylic acids is 1. The first-order chi connectivity index (χ1) is 6.97. The van der Waals surface area contributed by atoms with Gasteiger partial charge in [-0.15, -0.1) is 0 Å². The van der Waals surface area contributed by atoms with E-state index in [9.17, 15) is 13.6 Å². The van der Waals surface area contributed by atoms with Gasteiger partial charge in [-0.1, -0.05) is 18.5 Å². The molecule has 1 aromatic rings. The van der Waals surface area contributed by atoms with Gasteiger partial charge in [-0.3, -0.25) is 4.68 Å². The Bertz CT molecular complexity index is 368. The average molecular weight is 239 g/mol. The van der Waals surface area contributed by atoms with E-state index in [1.54, 1.807) is 6.92 Å². The topological polar surface area (TPSA) is 55.1 Å².